The van der Waals surface area contributed by atoms with Gasteiger partial charge in [-0.25, -0.2) is 0 Å². The number of nitrogens with zero attached hydrogens (tertiary/aromatic N) is 4. The zero-order valence-electron chi connectivity index (χ0n) is 21.4. The van der Waals surface area contributed by atoms with Crippen molar-refractivity contribution in [3.63, 3.8) is 0 Å². The number of nitriles is 1. The van der Waals surface area contributed by atoms with Crippen LogP contribution in [-0.4, -0.2) is 52.6 Å². The zero-order valence-corrected chi connectivity index (χ0v) is 21.4. The van der Waals surface area contributed by atoms with Crippen molar-refractivity contribution in [1.29, 1.82) is 5.26 Å². The molecule has 1 unspecified atom stereocenters. The number of likely N-dealkylation sites (tertiary alicyclic amines) is 1. The van der Waals surface area contributed by atoms with Crippen LogP contribution in [0.1, 0.15) is 56.1 Å². The van der Waals surface area contributed by atoms with Crippen LogP contribution in [0.25, 0.3) is 11.1 Å². The first-order chi connectivity index (χ1) is 18.5. The third kappa shape index (κ3) is 3.65. The lowest BCUT2D eigenvalue weighted by Crippen LogP contribution is -2.45. The second-order valence-corrected chi connectivity index (χ2v) is 11.5. The molecule has 6 nitrogen and oxygen atoms in total. The Balaban J connectivity index is 1.15. The summed E-state index contributed by atoms with van der Waals surface area (Å²) < 4.78 is 0. The lowest BCUT2D eigenvalue weighted by atomic mass is 9.73. The van der Waals surface area contributed by atoms with Crippen LogP contribution in [0.2, 0.25) is 0 Å². The molecule has 2 amide bonds. The Morgan fingerprint density at radius 2 is 1.66 bits per heavy atom. The largest absolute Gasteiger partial charge is 0.341 e. The van der Waals surface area contributed by atoms with Crippen LogP contribution in [0, 0.1) is 22.7 Å². The van der Waals surface area contributed by atoms with Crippen molar-refractivity contribution in [3.05, 3.63) is 77.0 Å². The van der Waals surface area contributed by atoms with E-state index in [1.54, 1.807) is 0 Å². The molecule has 6 heteroatoms. The highest BCUT2D eigenvalue weighted by Crippen LogP contribution is 2.47. The predicted molar refractivity (Wildman–Crippen MR) is 144 cm³/mol. The van der Waals surface area contributed by atoms with Gasteiger partial charge in [0.1, 0.15) is 11.4 Å². The van der Waals surface area contributed by atoms with Gasteiger partial charge in [0.15, 0.2) is 0 Å². The molecule has 1 atom stereocenters. The fraction of sp³-hybridized carbons (Fsp3) is 0.406. The fourth-order valence-electron chi connectivity index (χ4n) is 6.57. The average molecular weight is 503 g/mol. The van der Waals surface area contributed by atoms with Crippen LogP contribution in [0.15, 0.2) is 70.9 Å². The fourth-order valence-corrected chi connectivity index (χ4v) is 6.57. The number of rotatable bonds is 5. The standard InChI is InChI=1S/C32H30N4O2/c33-19-22-3-5-23(6-4-22)24-7-9-25(10-8-24)28-34-32(14-1-2-15-32)30(38)36(28)20-27-13-16-31(27)17-18-35(21-31)29(37)26-11-12-26/h3-10,16,26H,1-2,11-12,14-15,17-18,20-21H2. The molecule has 5 aliphatic rings. The van der Waals surface area contributed by atoms with Gasteiger partial charge in [-0.15, -0.1) is 5.73 Å². The SMILES string of the molecule is N#Cc1ccc(-c2ccc(C3=NC4(CCCC4)C(=O)N3CC3=C=CC34CCN(C(=O)C3CC3)C4)cc2)cc1. The molecule has 2 spiro atoms. The molecule has 2 aliphatic heterocycles. The van der Waals surface area contributed by atoms with Gasteiger partial charge >= 0.3 is 0 Å². The van der Waals surface area contributed by atoms with E-state index in [0.717, 1.165) is 79.6 Å². The van der Waals surface area contributed by atoms with Crippen LogP contribution >= 0.6 is 0 Å². The van der Waals surface area contributed by atoms with E-state index in [1.165, 1.54) is 0 Å². The number of carbonyl (C=O) groups excluding carboxylic acids is 2. The van der Waals surface area contributed by atoms with Crippen LogP contribution < -0.4 is 0 Å². The summed E-state index contributed by atoms with van der Waals surface area (Å²) >= 11 is 0. The minimum atomic E-state index is -0.633. The average Bonchev–Trinajstić information content (AvgIpc) is 3.39. The third-order valence-electron chi connectivity index (χ3n) is 9.12. The van der Waals surface area contributed by atoms with E-state index in [4.69, 9.17) is 10.3 Å². The van der Waals surface area contributed by atoms with E-state index < -0.39 is 5.54 Å². The second-order valence-electron chi connectivity index (χ2n) is 11.5. The summed E-state index contributed by atoms with van der Waals surface area (Å²) in [6.45, 7) is 1.98. The molecule has 0 N–H and O–H groups in total. The Morgan fingerprint density at radius 1 is 1.00 bits per heavy atom. The Kier molecular flexibility index (Phi) is 5.22. The molecule has 3 aliphatic carbocycles. The first-order valence-corrected chi connectivity index (χ1v) is 13.8. The van der Waals surface area contributed by atoms with Gasteiger partial charge in [0.25, 0.3) is 5.91 Å². The number of amidine groups is 1. The van der Waals surface area contributed by atoms with Gasteiger partial charge in [0.05, 0.1) is 18.2 Å². The molecule has 3 fully saturated rings. The lowest BCUT2D eigenvalue weighted by molar-refractivity contribution is -0.132. The smallest absolute Gasteiger partial charge is 0.256 e. The molecule has 0 radical (unpaired) electrons. The summed E-state index contributed by atoms with van der Waals surface area (Å²) in [7, 11) is 0. The monoisotopic (exact) mass is 502 g/mol. The van der Waals surface area contributed by atoms with E-state index >= 15 is 0 Å². The minimum absolute atomic E-state index is 0.112. The Hall–Kier alpha value is -3.94. The molecule has 0 aromatic heterocycles. The molecule has 2 aromatic rings. The van der Waals surface area contributed by atoms with Crippen molar-refractivity contribution < 1.29 is 9.59 Å². The topological polar surface area (TPSA) is 76.8 Å². The molecule has 0 bridgehead atoms. The van der Waals surface area contributed by atoms with Crippen LogP contribution in [-0.2, 0) is 9.59 Å². The van der Waals surface area contributed by atoms with Gasteiger partial charge in [-0.3, -0.25) is 19.5 Å². The Morgan fingerprint density at radius 3 is 2.26 bits per heavy atom. The molecule has 190 valence electrons. The highest BCUT2D eigenvalue weighted by atomic mass is 16.2. The molecule has 2 heterocycles. The van der Waals surface area contributed by atoms with E-state index in [2.05, 4.69) is 30.0 Å². The van der Waals surface area contributed by atoms with Crippen molar-refractivity contribution in [2.75, 3.05) is 19.6 Å². The van der Waals surface area contributed by atoms with Gasteiger partial charge < -0.3 is 4.90 Å². The van der Waals surface area contributed by atoms with Crippen molar-refractivity contribution in [3.8, 4) is 17.2 Å². The number of hydrogen-bond donors (Lipinski definition) is 0. The summed E-state index contributed by atoms with van der Waals surface area (Å²) in [6, 6.07) is 17.9. The Bertz CT molecular complexity index is 1460. The predicted octanol–water partition coefficient (Wildman–Crippen LogP) is 4.85. The maximum atomic E-state index is 13.9. The number of hydrogen-bond acceptors (Lipinski definition) is 4. The first kappa shape index (κ1) is 23.2. The summed E-state index contributed by atoms with van der Waals surface area (Å²) in [5, 5.41) is 9.08. The maximum absolute atomic E-state index is 13.9. The summed E-state index contributed by atoms with van der Waals surface area (Å²) in [5.74, 6) is 1.40. The van der Waals surface area contributed by atoms with E-state index in [0.29, 0.717) is 24.6 Å². The second kappa shape index (κ2) is 8.55. The van der Waals surface area contributed by atoms with Gasteiger partial charge in [0, 0.05) is 35.6 Å². The highest BCUT2D eigenvalue weighted by Gasteiger charge is 2.52. The normalized spacial score (nSPS) is 25.1. The van der Waals surface area contributed by atoms with Gasteiger partial charge in [-0.05, 0) is 61.4 Å². The zero-order chi connectivity index (χ0) is 25.9. The van der Waals surface area contributed by atoms with Gasteiger partial charge in [-0.2, -0.15) is 5.26 Å². The van der Waals surface area contributed by atoms with Crippen molar-refractivity contribution in [1.82, 2.24) is 9.80 Å². The van der Waals surface area contributed by atoms with E-state index in [1.807, 2.05) is 46.2 Å². The lowest BCUT2D eigenvalue weighted by Gasteiger charge is -2.35. The molecule has 2 aromatic carbocycles. The van der Waals surface area contributed by atoms with Crippen LogP contribution in [0.3, 0.4) is 0 Å². The number of aliphatic imine (C=N–C) groups is 1. The highest BCUT2D eigenvalue weighted by molar-refractivity contribution is 6.15. The van der Waals surface area contributed by atoms with Crippen molar-refractivity contribution in [2.45, 2.75) is 50.5 Å². The van der Waals surface area contributed by atoms with Crippen molar-refractivity contribution in [2.24, 2.45) is 16.3 Å². The van der Waals surface area contributed by atoms with Crippen LogP contribution in [0.4, 0.5) is 0 Å². The summed E-state index contributed by atoms with van der Waals surface area (Å²) in [6.07, 6.45) is 8.74. The third-order valence-corrected chi connectivity index (χ3v) is 9.12. The molecule has 1 saturated heterocycles. The van der Waals surface area contributed by atoms with E-state index in [9.17, 15) is 9.59 Å². The number of carbonyl (C=O) groups is 2. The van der Waals surface area contributed by atoms with Crippen molar-refractivity contribution >= 4 is 17.6 Å². The first-order valence-electron chi connectivity index (χ1n) is 13.8. The van der Waals surface area contributed by atoms with Gasteiger partial charge in [-0.1, -0.05) is 49.2 Å². The Labute approximate surface area is 223 Å². The van der Waals surface area contributed by atoms with Gasteiger partial charge in [0.2, 0.25) is 5.91 Å². The summed E-state index contributed by atoms with van der Waals surface area (Å²) in [4.78, 5) is 35.6. The molecule has 2 saturated carbocycles. The maximum Gasteiger partial charge on any atom is 0.256 e. The van der Waals surface area contributed by atoms with E-state index in [-0.39, 0.29) is 17.2 Å². The molecule has 7 rings (SSSR count). The number of benzene rings is 2. The summed E-state index contributed by atoms with van der Waals surface area (Å²) in [5.41, 5.74) is 7.42. The number of amides is 2. The van der Waals surface area contributed by atoms with Crippen LogP contribution in [0.5, 0.6) is 0 Å². The minimum Gasteiger partial charge on any atom is -0.341 e. The molecular formula is C32H30N4O2. The quantitative estimate of drug-likeness (QED) is 0.549. The molecule has 38 heavy (non-hydrogen) atoms. The molecular weight excluding hydrogens is 472 g/mol.